The van der Waals surface area contributed by atoms with Gasteiger partial charge < -0.3 is 9.47 Å². The number of benzene rings is 2. The minimum absolute atomic E-state index is 0.170. The van der Waals surface area contributed by atoms with Gasteiger partial charge in [0.15, 0.2) is 4.80 Å². The molecule has 9 heteroatoms. The molecule has 0 N–H and O–H groups in total. The molecule has 2 heterocycles. The van der Waals surface area contributed by atoms with E-state index >= 15 is 0 Å². The number of thiazole rings is 1. The number of aromatic nitrogens is 1. The van der Waals surface area contributed by atoms with Crippen LogP contribution >= 0.6 is 34.5 Å². The summed E-state index contributed by atoms with van der Waals surface area (Å²) in [5.41, 5.74) is 2.02. The van der Waals surface area contributed by atoms with E-state index in [1.807, 2.05) is 38.1 Å². The molecule has 0 fully saturated rings. The van der Waals surface area contributed by atoms with Crippen molar-refractivity contribution in [2.75, 3.05) is 13.2 Å². The number of esters is 1. The van der Waals surface area contributed by atoms with Gasteiger partial charge in [-0.3, -0.25) is 9.36 Å². The summed E-state index contributed by atoms with van der Waals surface area (Å²) in [5.74, 6) is 0.419. The summed E-state index contributed by atoms with van der Waals surface area (Å²) >= 11 is 13.7. The quantitative estimate of drug-likeness (QED) is 0.236. The number of fused-ring (bicyclic) bond motifs is 1. The number of hydrogen-bond acceptors (Lipinski definition) is 6. The van der Waals surface area contributed by atoms with E-state index in [1.165, 1.54) is 11.3 Å². The van der Waals surface area contributed by atoms with E-state index in [1.54, 1.807) is 35.8 Å². The Morgan fingerprint density at radius 2 is 1.92 bits per heavy atom. The lowest BCUT2D eigenvalue weighted by Gasteiger charge is -2.25. The van der Waals surface area contributed by atoms with E-state index in [2.05, 4.69) is 11.9 Å². The summed E-state index contributed by atoms with van der Waals surface area (Å²) in [6.07, 6.45) is 3.73. The number of ether oxygens (including phenoxy) is 2. The first-order valence-corrected chi connectivity index (χ1v) is 14.1. The van der Waals surface area contributed by atoms with E-state index in [-0.39, 0.29) is 18.1 Å². The summed E-state index contributed by atoms with van der Waals surface area (Å²) in [6.45, 7) is 8.72. The first-order chi connectivity index (χ1) is 18.2. The summed E-state index contributed by atoms with van der Waals surface area (Å²) in [6, 6.07) is 11.9. The molecule has 0 radical (unpaired) electrons. The Morgan fingerprint density at radius 3 is 2.58 bits per heavy atom. The number of nitrogens with zero attached hydrogens (tertiary/aromatic N) is 2. The Kier molecular flexibility index (Phi) is 9.13. The Hall–Kier alpha value is -2.87. The van der Waals surface area contributed by atoms with Crippen molar-refractivity contribution in [3.05, 3.63) is 94.6 Å². The van der Waals surface area contributed by atoms with Crippen LogP contribution in [0, 0.1) is 5.92 Å². The van der Waals surface area contributed by atoms with Gasteiger partial charge in [0.1, 0.15) is 5.75 Å². The summed E-state index contributed by atoms with van der Waals surface area (Å²) in [5, 5.41) is 0.948. The minimum Gasteiger partial charge on any atom is -0.494 e. The lowest BCUT2D eigenvalue weighted by molar-refractivity contribution is -0.140. The molecular formula is C29H30Cl2N2O4S. The van der Waals surface area contributed by atoms with Crippen molar-refractivity contribution in [3.63, 3.8) is 0 Å². The van der Waals surface area contributed by atoms with Crippen molar-refractivity contribution in [1.82, 2.24) is 4.57 Å². The van der Waals surface area contributed by atoms with Gasteiger partial charge in [0.05, 0.1) is 35.1 Å². The van der Waals surface area contributed by atoms with Gasteiger partial charge in [0.25, 0.3) is 5.56 Å². The topological polar surface area (TPSA) is 69.9 Å². The minimum atomic E-state index is -0.696. The van der Waals surface area contributed by atoms with Crippen LogP contribution in [-0.4, -0.2) is 23.8 Å². The zero-order valence-corrected chi connectivity index (χ0v) is 24.1. The number of carbonyl (C=O) groups excluding carboxylic acids is 1. The van der Waals surface area contributed by atoms with Gasteiger partial charge in [-0.05, 0) is 60.7 Å². The molecule has 0 aliphatic carbocycles. The molecule has 1 aliphatic rings. The molecule has 38 heavy (non-hydrogen) atoms. The molecule has 0 saturated heterocycles. The number of halogens is 2. The highest BCUT2D eigenvalue weighted by Gasteiger charge is 2.33. The molecule has 0 amide bonds. The number of carbonyl (C=O) groups is 1. The third kappa shape index (κ3) is 6.22. The van der Waals surface area contributed by atoms with E-state index < -0.39 is 12.0 Å². The van der Waals surface area contributed by atoms with Crippen LogP contribution in [0.5, 0.6) is 5.75 Å². The van der Waals surface area contributed by atoms with E-state index in [0.717, 1.165) is 24.2 Å². The zero-order valence-electron chi connectivity index (χ0n) is 21.8. The Labute approximate surface area is 235 Å². The van der Waals surface area contributed by atoms with Crippen LogP contribution in [0.2, 0.25) is 10.0 Å². The third-order valence-electron chi connectivity index (χ3n) is 6.00. The molecule has 0 saturated carbocycles. The second kappa shape index (κ2) is 12.3. The van der Waals surface area contributed by atoms with Crippen LogP contribution in [0.25, 0.3) is 6.08 Å². The molecule has 2 aromatic carbocycles. The first kappa shape index (κ1) is 28.1. The Bertz CT molecular complexity index is 1540. The van der Waals surface area contributed by atoms with Crippen molar-refractivity contribution in [2.24, 2.45) is 10.9 Å². The average Bonchev–Trinajstić information content (AvgIpc) is 3.18. The molecule has 1 atom stereocenters. The monoisotopic (exact) mass is 572 g/mol. The molecule has 3 aromatic rings. The maximum Gasteiger partial charge on any atom is 0.338 e. The third-order valence-corrected chi connectivity index (χ3v) is 7.55. The predicted molar refractivity (Wildman–Crippen MR) is 153 cm³/mol. The van der Waals surface area contributed by atoms with Crippen LogP contribution in [-0.2, 0) is 9.53 Å². The van der Waals surface area contributed by atoms with Crippen LogP contribution in [0.1, 0.15) is 57.7 Å². The fourth-order valence-electron chi connectivity index (χ4n) is 4.06. The fourth-order valence-corrected chi connectivity index (χ4v) is 5.56. The Balaban J connectivity index is 1.83. The molecule has 200 valence electrons. The van der Waals surface area contributed by atoms with E-state index in [0.29, 0.717) is 42.8 Å². The molecule has 1 aliphatic heterocycles. The molecular weight excluding hydrogens is 543 g/mol. The van der Waals surface area contributed by atoms with Gasteiger partial charge in [-0.25, -0.2) is 9.79 Å². The largest absolute Gasteiger partial charge is 0.494 e. The molecule has 1 unspecified atom stereocenters. The molecule has 4 rings (SSSR count). The van der Waals surface area contributed by atoms with E-state index in [4.69, 9.17) is 32.7 Å². The van der Waals surface area contributed by atoms with Crippen molar-refractivity contribution in [2.45, 2.75) is 46.6 Å². The van der Waals surface area contributed by atoms with Crippen LogP contribution in [0.3, 0.4) is 0 Å². The number of allylic oxidation sites excluding steroid dienone is 1. The van der Waals surface area contributed by atoms with Crippen LogP contribution in [0.15, 0.2) is 63.5 Å². The fraction of sp³-hybridized carbons (Fsp3) is 0.345. The van der Waals surface area contributed by atoms with Crippen molar-refractivity contribution in [3.8, 4) is 5.75 Å². The highest BCUT2D eigenvalue weighted by molar-refractivity contribution is 7.07. The SMILES string of the molecule is CCCCOc1ccc(C2C(C(=O)OCC(C)C)=C(C)N=c3s/c(=C\c4ccc(Cl)cc4Cl)c(=O)n32)cc1. The predicted octanol–water partition coefficient (Wildman–Crippen LogP) is 5.92. The number of rotatable bonds is 9. The maximum absolute atomic E-state index is 13.8. The van der Waals surface area contributed by atoms with Gasteiger partial charge in [0.2, 0.25) is 0 Å². The number of hydrogen-bond donors (Lipinski definition) is 0. The van der Waals surface area contributed by atoms with Gasteiger partial charge in [-0.1, -0.05) is 79.9 Å². The molecule has 0 bridgehead atoms. The van der Waals surface area contributed by atoms with Crippen molar-refractivity contribution in [1.29, 1.82) is 0 Å². The second-order valence-corrected chi connectivity index (χ2v) is 11.4. The van der Waals surface area contributed by atoms with Crippen LogP contribution < -0.4 is 19.6 Å². The highest BCUT2D eigenvalue weighted by Crippen LogP contribution is 2.32. The van der Waals surface area contributed by atoms with E-state index in [9.17, 15) is 9.59 Å². The van der Waals surface area contributed by atoms with Crippen LogP contribution in [0.4, 0.5) is 0 Å². The smallest absolute Gasteiger partial charge is 0.338 e. The highest BCUT2D eigenvalue weighted by atomic mass is 35.5. The zero-order chi connectivity index (χ0) is 27.4. The molecule has 0 spiro atoms. The normalized spacial score (nSPS) is 15.4. The number of unbranched alkanes of at least 4 members (excludes halogenated alkanes) is 1. The maximum atomic E-state index is 13.8. The summed E-state index contributed by atoms with van der Waals surface area (Å²) in [4.78, 5) is 32.2. The lowest BCUT2D eigenvalue weighted by atomic mass is 9.96. The molecule has 6 nitrogen and oxygen atoms in total. The van der Waals surface area contributed by atoms with Gasteiger partial charge in [-0.15, -0.1) is 0 Å². The summed E-state index contributed by atoms with van der Waals surface area (Å²) in [7, 11) is 0. The second-order valence-electron chi connectivity index (χ2n) is 9.51. The molecule has 1 aromatic heterocycles. The first-order valence-electron chi connectivity index (χ1n) is 12.6. The lowest BCUT2D eigenvalue weighted by Crippen LogP contribution is -2.40. The Morgan fingerprint density at radius 1 is 1.18 bits per heavy atom. The van der Waals surface area contributed by atoms with Crippen molar-refractivity contribution >= 4 is 46.6 Å². The van der Waals surface area contributed by atoms with Crippen molar-refractivity contribution < 1.29 is 14.3 Å². The van der Waals surface area contributed by atoms with Gasteiger partial charge >= 0.3 is 5.97 Å². The standard InChI is InChI=1S/C29H30Cl2N2O4S/c1-5-6-13-36-22-11-8-19(9-12-22)26-25(28(35)37-16-17(2)3)18(4)32-29-33(26)27(34)24(38-29)14-20-7-10-21(30)15-23(20)31/h7-12,14-15,17,26H,5-6,13,16H2,1-4H3/b24-14-. The average molecular weight is 574 g/mol. The van der Waals surface area contributed by atoms with Gasteiger partial charge in [-0.2, -0.15) is 0 Å². The van der Waals surface area contributed by atoms with Gasteiger partial charge in [0, 0.05) is 10.0 Å². The summed E-state index contributed by atoms with van der Waals surface area (Å²) < 4.78 is 13.4.